The molecule has 80 valence electrons. The number of allylic oxidation sites excluding steroid dienone is 1. The molecule has 1 aromatic rings. The van der Waals surface area contributed by atoms with E-state index in [1.165, 1.54) is 0 Å². The molecule has 0 aliphatic rings. The molecule has 0 saturated heterocycles. The maximum absolute atomic E-state index is 8.72. The van der Waals surface area contributed by atoms with E-state index in [2.05, 4.69) is 6.58 Å². The lowest BCUT2D eigenvalue weighted by molar-refractivity contribution is 0.287. The molecule has 0 spiro atoms. The molecule has 0 heterocycles. The van der Waals surface area contributed by atoms with Crippen LogP contribution in [0.4, 0.5) is 0 Å². The number of hydrogen-bond acceptors (Lipinski definition) is 3. The van der Waals surface area contributed by atoms with Crippen LogP contribution in [0, 0.1) is 0 Å². The molecule has 3 nitrogen and oxygen atoms in total. The first kappa shape index (κ1) is 11.8. The van der Waals surface area contributed by atoms with E-state index in [0.717, 1.165) is 24.8 Å². The van der Waals surface area contributed by atoms with Crippen LogP contribution in [0.2, 0.25) is 0 Å². The third-order valence-electron chi connectivity index (χ3n) is 2.06. The van der Waals surface area contributed by atoms with E-state index in [1.54, 1.807) is 12.1 Å². The number of benzene rings is 1. The highest BCUT2D eigenvalue weighted by molar-refractivity contribution is 6.33. The number of aryl methyl sites for hydroxylation is 1. The first-order chi connectivity index (χ1) is 7.24. The second kappa shape index (κ2) is 6.27. The topological polar surface area (TPSA) is 49.7 Å². The normalized spacial score (nSPS) is 9.73. The van der Waals surface area contributed by atoms with Crippen molar-refractivity contribution in [1.82, 2.24) is 0 Å². The van der Waals surface area contributed by atoms with E-state index >= 15 is 0 Å². The van der Waals surface area contributed by atoms with Crippen molar-refractivity contribution in [1.29, 1.82) is 0 Å². The van der Waals surface area contributed by atoms with Crippen molar-refractivity contribution in [3.8, 4) is 5.75 Å². The maximum atomic E-state index is 8.72. The van der Waals surface area contributed by atoms with Gasteiger partial charge in [0.25, 0.3) is 0 Å². The molecule has 0 unspecified atom stereocenters. The van der Waals surface area contributed by atoms with Gasteiger partial charge in [0.1, 0.15) is 5.75 Å². The quantitative estimate of drug-likeness (QED) is 0.421. The summed E-state index contributed by atoms with van der Waals surface area (Å²) in [5, 5.41) is 17.4. The van der Waals surface area contributed by atoms with Gasteiger partial charge in [0, 0.05) is 0 Å². The zero-order chi connectivity index (χ0) is 11.1. The summed E-state index contributed by atoms with van der Waals surface area (Å²) in [5.41, 5.74) is 0.979. The van der Waals surface area contributed by atoms with E-state index in [-0.39, 0.29) is 0 Å². The highest BCUT2D eigenvalue weighted by Gasteiger charge is 2.13. The third kappa shape index (κ3) is 4.19. The van der Waals surface area contributed by atoms with Crippen molar-refractivity contribution in [2.75, 3.05) is 0 Å². The fraction of sp³-hybridized carbons (Fsp3) is 0.273. The number of rotatable bonds is 6. The second-order valence-corrected chi connectivity index (χ2v) is 3.23. The van der Waals surface area contributed by atoms with Crippen molar-refractivity contribution in [3.05, 3.63) is 42.5 Å². The van der Waals surface area contributed by atoms with Gasteiger partial charge >= 0.3 is 7.32 Å². The number of para-hydroxylation sites is 1. The molecular formula is C11H15BO3. The maximum Gasteiger partial charge on any atom is 0.707 e. The van der Waals surface area contributed by atoms with Crippen LogP contribution in [0.5, 0.6) is 5.75 Å². The predicted molar refractivity (Wildman–Crippen MR) is 60.4 cm³/mol. The molecule has 2 N–H and O–H groups in total. The summed E-state index contributed by atoms with van der Waals surface area (Å²) in [7, 11) is -1.76. The van der Waals surface area contributed by atoms with E-state index in [4.69, 9.17) is 14.7 Å². The van der Waals surface area contributed by atoms with Gasteiger partial charge in [0.15, 0.2) is 0 Å². The monoisotopic (exact) mass is 206 g/mol. The molecule has 0 saturated carbocycles. The Kier molecular flexibility index (Phi) is 4.94. The van der Waals surface area contributed by atoms with Crippen LogP contribution in [-0.4, -0.2) is 17.4 Å². The van der Waals surface area contributed by atoms with E-state index in [1.807, 2.05) is 18.2 Å². The second-order valence-electron chi connectivity index (χ2n) is 3.23. The van der Waals surface area contributed by atoms with Gasteiger partial charge in [-0.3, -0.25) is 0 Å². The first-order valence-electron chi connectivity index (χ1n) is 4.95. The molecule has 1 aromatic carbocycles. The summed E-state index contributed by atoms with van der Waals surface area (Å²) in [6.07, 6.45) is 4.63. The molecule has 0 aliphatic carbocycles. The van der Waals surface area contributed by atoms with Crippen molar-refractivity contribution in [2.45, 2.75) is 19.3 Å². The zero-order valence-corrected chi connectivity index (χ0v) is 8.60. The van der Waals surface area contributed by atoms with Crippen molar-refractivity contribution in [2.24, 2.45) is 0 Å². The Balaban J connectivity index is 2.63. The molecular weight excluding hydrogens is 191 g/mol. The summed E-state index contributed by atoms with van der Waals surface area (Å²) in [6.45, 7) is 3.65. The average Bonchev–Trinajstić information content (AvgIpc) is 2.20. The van der Waals surface area contributed by atoms with E-state index in [0.29, 0.717) is 5.75 Å². The lowest BCUT2D eigenvalue weighted by Gasteiger charge is -2.10. The Morgan fingerprint density at radius 2 is 2.07 bits per heavy atom. The van der Waals surface area contributed by atoms with Crippen LogP contribution in [0.25, 0.3) is 0 Å². The van der Waals surface area contributed by atoms with Crippen LogP contribution in [0.3, 0.4) is 0 Å². The van der Waals surface area contributed by atoms with Crippen molar-refractivity contribution in [3.63, 3.8) is 0 Å². The van der Waals surface area contributed by atoms with Gasteiger partial charge in [-0.15, -0.1) is 6.58 Å². The molecule has 4 heteroatoms. The van der Waals surface area contributed by atoms with Gasteiger partial charge in [0.05, 0.1) is 0 Å². The van der Waals surface area contributed by atoms with E-state index < -0.39 is 7.32 Å². The van der Waals surface area contributed by atoms with Crippen molar-refractivity contribution >= 4 is 7.32 Å². The Bertz CT molecular complexity index is 312. The Hall–Kier alpha value is -1.26. The molecule has 0 bridgehead atoms. The Labute approximate surface area is 90.2 Å². The van der Waals surface area contributed by atoms with Gasteiger partial charge in [0.2, 0.25) is 0 Å². The minimum atomic E-state index is -1.76. The SMILES string of the molecule is C=CCCCc1ccccc1OB(O)O. The highest BCUT2D eigenvalue weighted by atomic mass is 16.6. The van der Waals surface area contributed by atoms with Crippen molar-refractivity contribution < 1.29 is 14.7 Å². The van der Waals surface area contributed by atoms with Crippen LogP contribution in [0.15, 0.2) is 36.9 Å². The summed E-state index contributed by atoms with van der Waals surface area (Å²) in [5.74, 6) is 0.525. The summed E-state index contributed by atoms with van der Waals surface area (Å²) in [4.78, 5) is 0. The molecule has 0 atom stereocenters. The highest BCUT2D eigenvalue weighted by Crippen LogP contribution is 2.20. The van der Waals surface area contributed by atoms with Crippen LogP contribution in [0.1, 0.15) is 18.4 Å². The lowest BCUT2D eigenvalue weighted by atomic mass is 10.1. The Morgan fingerprint density at radius 1 is 1.33 bits per heavy atom. The molecule has 1 rings (SSSR count). The fourth-order valence-electron chi connectivity index (χ4n) is 1.38. The fourth-order valence-corrected chi connectivity index (χ4v) is 1.38. The lowest BCUT2D eigenvalue weighted by Crippen LogP contribution is -2.21. The standard InChI is InChI=1S/C11H15BO3/c1-2-3-4-7-10-8-5-6-9-11(10)15-12(13)14/h2,5-6,8-9,13-14H,1,3-4,7H2. The summed E-state index contributed by atoms with van der Waals surface area (Å²) >= 11 is 0. The third-order valence-corrected chi connectivity index (χ3v) is 2.06. The first-order valence-corrected chi connectivity index (χ1v) is 4.95. The molecule has 0 aromatic heterocycles. The molecule has 15 heavy (non-hydrogen) atoms. The number of unbranched alkanes of at least 4 members (excludes halogenated alkanes) is 1. The van der Waals surface area contributed by atoms with E-state index in [9.17, 15) is 0 Å². The number of hydrogen-bond donors (Lipinski definition) is 2. The molecule has 0 radical (unpaired) electrons. The van der Waals surface area contributed by atoms with Crippen LogP contribution < -0.4 is 4.65 Å². The average molecular weight is 206 g/mol. The predicted octanol–water partition coefficient (Wildman–Crippen LogP) is 1.54. The van der Waals surface area contributed by atoms with Gasteiger partial charge in [-0.05, 0) is 30.9 Å². The van der Waals surface area contributed by atoms with Gasteiger partial charge < -0.3 is 14.7 Å². The minimum Gasteiger partial charge on any atom is -0.512 e. The Morgan fingerprint density at radius 3 is 2.73 bits per heavy atom. The molecule has 0 amide bonds. The zero-order valence-electron chi connectivity index (χ0n) is 8.60. The largest absolute Gasteiger partial charge is 0.707 e. The molecule has 0 fully saturated rings. The smallest absolute Gasteiger partial charge is 0.512 e. The summed E-state index contributed by atoms with van der Waals surface area (Å²) in [6, 6.07) is 7.35. The summed E-state index contributed by atoms with van der Waals surface area (Å²) < 4.78 is 4.86. The molecule has 0 aliphatic heterocycles. The van der Waals surface area contributed by atoms with Gasteiger partial charge in [-0.1, -0.05) is 24.3 Å². The van der Waals surface area contributed by atoms with Gasteiger partial charge in [-0.25, -0.2) is 0 Å². The minimum absolute atomic E-state index is 0.525. The van der Waals surface area contributed by atoms with Crippen LogP contribution in [-0.2, 0) is 6.42 Å². The van der Waals surface area contributed by atoms with Crippen LogP contribution >= 0.6 is 0 Å². The van der Waals surface area contributed by atoms with Gasteiger partial charge in [-0.2, -0.15) is 0 Å².